The first-order valence-electron chi connectivity index (χ1n) is 5.54. The maximum Gasteiger partial charge on any atom is 0.107 e. The van der Waals surface area contributed by atoms with Gasteiger partial charge in [0.05, 0.1) is 23.3 Å². The Morgan fingerprint density at radius 2 is 2.35 bits per heavy atom. The fourth-order valence-corrected chi connectivity index (χ4v) is 2.60. The second kappa shape index (κ2) is 5.21. The van der Waals surface area contributed by atoms with E-state index >= 15 is 0 Å². The molecule has 1 fully saturated rings. The van der Waals surface area contributed by atoms with Crippen molar-refractivity contribution in [2.45, 2.75) is 13.0 Å². The van der Waals surface area contributed by atoms with Gasteiger partial charge in [-0.05, 0) is 19.1 Å². The molecule has 0 aliphatic carbocycles. The fraction of sp³-hybridized carbons (Fsp3) is 0.417. The molecule has 2 rings (SSSR count). The van der Waals surface area contributed by atoms with Crippen LogP contribution in [0.1, 0.15) is 12.5 Å². The Morgan fingerprint density at radius 3 is 3.00 bits per heavy atom. The zero-order valence-corrected chi connectivity index (χ0v) is 11.2. The van der Waals surface area contributed by atoms with Gasteiger partial charge in [0.15, 0.2) is 0 Å². The van der Waals surface area contributed by atoms with Crippen LogP contribution in [0.25, 0.3) is 0 Å². The first-order valence-corrected chi connectivity index (χ1v) is 6.33. The second-order valence-electron chi connectivity index (χ2n) is 4.13. The molecule has 3 nitrogen and oxygen atoms in total. The molecule has 1 saturated heterocycles. The minimum absolute atomic E-state index is 0.210. The van der Waals surface area contributed by atoms with E-state index in [0.29, 0.717) is 16.6 Å². The van der Waals surface area contributed by atoms with Gasteiger partial charge in [-0.25, -0.2) is 0 Å². The molecular formula is C12H15ClN2OS. The molecule has 0 radical (unpaired) electrons. The summed E-state index contributed by atoms with van der Waals surface area (Å²) in [6, 6.07) is 5.72. The van der Waals surface area contributed by atoms with Crippen LogP contribution in [0.3, 0.4) is 0 Å². The van der Waals surface area contributed by atoms with Crippen LogP contribution in [0, 0.1) is 0 Å². The first kappa shape index (κ1) is 12.6. The van der Waals surface area contributed by atoms with Crippen LogP contribution in [0.4, 0.5) is 5.69 Å². The molecule has 1 aromatic rings. The van der Waals surface area contributed by atoms with Crippen molar-refractivity contribution in [3.05, 3.63) is 28.8 Å². The zero-order valence-electron chi connectivity index (χ0n) is 9.65. The average Bonchev–Trinajstić information content (AvgIpc) is 2.28. The highest BCUT2D eigenvalue weighted by molar-refractivity contribution is 7.80. The van der Waals surface area contributed by atoms with Crippen LogP contribution in [0.15, 0.2) is 18.2 Å². The maximum atomic E-state index is 6.15. The molecule has 1 atom stereocenters. The Hall–Kier alpha value is -0.840. The van der Waals surface area contributed by atoms with Gasteiger partial charge in [0.2, 0.25) is 0 Å². The summed E-state index contributed by atoms with van der Waals surface area (Å²) in [5.74, 6) is 0. The SMILES string of the molecule is CC1CN(c2cccc(Cl)c2C(N)=S)CCO1. The van der Waals surface area contributed by atoms with Gasteiger partial charge in [-0.15, -0.1) is 0 Å². The topological polar surface area (TPSA) is 38.5 Å². The Kier molecular flexibility index (Phi) is 3.86. The number of nitrogens with two attached hydrogens (primary N) is 1. The van der Waals surface area contributed by atoms with E-state index in [2.05, 4.69) is 11.8 Å². The third kappa shape index (κ3) is 2.70. The summed E-state index contributed by atoms with van der Waals surface area (Å²) >= 11 is 11.2. The molecule has 5 heteroatoms. The molecule has 1 aliphatic rings. The number of nitrogens with zero attached hydrogens (tertiary/aromatic N) is 1. The molecule has 0 bridgehead atoms. The quantitative estimate of drug-likeness (QED) is 0.837. The van der Waals surface area contributed by atoms with E-state index in [1.54, 1.807) is 0 Å². The number of thiocarbonyl (C=S) groups is 1. The van der Waals surface area contributed by atoms with Crippen molar-refractivity contribution < 1.29 is 4.74 Å². The van der Waals surface area contributed by atoms with Crippen LogP contribution < -0.4 is 10.6 Å². The second-order valence-corrected chi connectivity index (χ2v) is 4.97. The van der Waals surface area contributed by atoms with E-state index in [1.807, 2.05) is 18.2 Å². The highest BCUT2D eigenvalue weighted by atomic mass is 35.5. The van der Waals surface area contributed by atoms with E-state index < -0.39 is 0 Å². The Morgan fingerprint density at radius 1 is 1.59 bits per heavy atom. The van der Waals surface area contributed by atoms with Gasteiger partial charge in [-0.1, -0.05) is 29.9 Å². The number of ether oxygens (including phenoxy) is 1. The summed E-state index contributed by atoms with van der Waals surface area (Å²) in [6.07, 6.45) is 0.210. The van der Waals surface area contributed by atoms with Gasteiger partial charge in [0, 0.05) is 18.8 Å². The highest BCUT2D eigenvalue weighted by Gasteiger charge is 2.21. The molecule has 2 N–H and O–H groups in total. The molecule has 0 amide bonds. The van der Waals surface area contributed by atoms with E-state index in [9.17, 15) is 0 Å². The Labute approximate surface area is 111 Å². The summed E-state index contributed by atoms with van der Waals surface area (Å²) < 4.78 is 5.52. The maximum absolute atomic E-state index is 6.15. The lowest BCUT2D eigenvalue weighted by atomic mass is 10.1. The molecule has 1 heterocycles. The number of anilines is 1. The van der Waals surface area contributed by atoms with E-state index in [1.165, 1.54) is 0 Å². The van der Waals surface area contributed by atoms with Gasteiger partial charge < -0.3 is 15.4 Å². The largest absolute Gasteiger partial charge is 0.389 e. The lowest BCUT2D eigenvalue weighted by Crippen LogP contribution is -2.42. The summed E-state index contributed by atoms with van der Waals surface area (Å²) in [5.41, 5.74) is 7.51. The molecule has 17 heavy (non-hydrogen) atoms. The monoisotopic (exact) mass is 270 g/mol. The smallest absolute Gasteiger partial charge is 0.107 e. The summed E-state index contributed by atoms with van der Waals surface area (Å²) in [6.45, 7) is 4.43. The van der Waals surface area contributed by atoms with Gasteiger partial charge in [-0.3, -0.25) is 0 Å². The molecule has 1 unspecified atom stereocenters. The van der Waals surface area contributed by atoms with Gasteiger partial charge in [0.1, 0.15) is 4.99 Å². The first-order chi connectivity index (χ1) is 8.09. The van der Waals surface area contributed by atoms with Crippen LogP contribution >= 0.6 is 23.8 Å². The van der Waals surface area contributed by atoms with Crippen LogP contribution in [-0.2, 0) is 4.74 Å². The van der Waals surface area contributed by atoms with Crippen molar-refractivity contribution >= 4 is 34.5 Å². The highest BCUT2D eigenvalue weighted by Crippen LogP contribution is 2.28. The molecule has 1 aliphatic heterocycles. The summed E-state index contributed by atoms with van der Waals surface area (Å²) in [5, 5.41) is 0.606. The van der Waals surface area contributed by atoms with Crippen LogP contribution in [-0.4, -0.2) is 30.8 Å². The average molecular weight is 271 g/mol. The van der Waals surface area contributed by atoms with Crippen molar-refractivity contribution in [3.8, 4) is 0 Å². The predicted octanol–water partition coefficient (Wildman–Crippen LogP) is 2.20. The Bertz CT molecular complexity index is 439. The fourth-order valence-electron chi connectivity index (χ4n) is 2.06. The third-order valence-corrected chi connectivity index (χ3v) is 3.34. The molecule has 0 aromatic heterocycles. The third-order valence-electron chi connectivity index (χ3n) is 2.82. The molecule has 92 valence electrons. The van der Waals surface area contributed by atoms with Crippen LogP contribution in [0.2, 0.25) is 5.02 Å². The standard InChI is InChI=1S/C12H15ClN2OS/c1-8-7-15(5-6-16-8)10-4-2-3-9(13)11(10)12(14)17/h2-4,8H,5-7H2,1H3,(H2,14,17). The molecule has 1 aromatic carbocycles. The lowest BCUT2D eigenvalue weighted by molar-refractivity contribution is 0.0532. The number of rotatable bonds is 2. The predicted molar refractivity (Wildman–Crippen MR) is 75.0 cm³/mol. The van der Waals surface area contributed by atoms with Crippen molar-refractivity contribution in [2.24, 2.45) is 5.73 Å². The van der Waals surface area contributed by atoms with Gasteiger partial charge >= 0.3 is 0 Å². The number of benzene rings is 1. The summed E-state index contributed by atoms with van der Waals surface area (Å²) in [7, 11) is 0. The van der Waals surface area contributed by atoms with Gasteiger partial charge in [0.25, 0.3) is 0 Å². The minimum Gasteiger partial charge on any atom is -0.389 e. The van der Waals surface area contributed by atoms with Gasteiger partial charge in [-0.2, -0.15) is 0 Å². The Balaban J connectivity index is 2.37. The van der Waals surface area contributed by atoms with Crippen molar-refractivity contribution in [2.75, 3.05) is 24.6 Å². The van der Waals surface area contributed by atoms with E-state index in [4.69, 9.17) is 34.3 Å². The van der Waals surface area contributed by atoms with Crippen LogP contribution in [0.5, 0.6) is 0 Å². The summed E-state index contributed by atoms with van der Waals surface area (Å²) in [4.78, 5) is 2.55. The molecule has 0 saturated carbocycles. The normalized spacial score (nSPS) is 20.4. The van der Waals surface area contributed by atoms with Crippen molar-refractivity contribution in [3.63, 3.8) is 0 Å². The number of morpholine rings is 1. The molecular weight excluding hydrogens is 256 g/mol. The molecule has 0 spiro atoms. The lowest BCUT2D eigenvalue weighted by Gasteiger charge is -2.34. The number of hydrogen-bond acceptors (Lipinski definition) is 3. The number of halogens is 1. The van der Waals surface area contributed by atoms with E-state index in [0.717, 1.165) is 24.3 Å². The number of hydrogen-bond donors (Lipinski definition) is 1. The zero-order chi connectivity index (χ0) is 12.4. The minimum atomic E-state index is 0.210. The van der Waals surface area contributed by atoms with Crippen molar-refractivity contribution in [1.29, 1.82) is 0 Å². The van der Waals surface area contributed by atoms with Crippen molar-refractivity contribution in [1.82, 2.24) is 0 Å². The van der Waals surface area contributed by atoms with E-state index in [-0.39, 0.29) is 6.10 Å².